The van der Waals surface area contributed by atoms with Crippen LogP contribution in [-0.4, -0.2) is 17.4 Å². The number of amides is 1. The Kier molecular flexibility index (Phi) is 4.67. The van der Waals surface area contributed by atoms with Crippen molar-refractivity contribution < 1.29 is 4.79 Å². The molecule has 0 bridgehead atoms. The van der Waals surface area contributed by atoms with Crippen molar-refractivity contribution in [3.05, 3.63) is 54.4 Å². The van der Waals surface area contributed by atoms with Crippen LogP contribution in [0.1, 0.15) is 18.9 Å². The van der Waals surface area contributed by atoms with E-state index in [4.69, 9.17) is 0 Å². The molecule has 2 aromatic rings. The fourth-order valence-electron chi connectivity index (χ4n) is 1.91. The van der Waals surface area contributed by atoms with Gasteiger partial charge in [-0.05, 0) is 29.2 Å². The molecule has 98 valence electrons. The second-order valence-electron chi connectivity index (χ2n) is 4.47. The van der Waals surface area contributed by atoms with Crippen LogP contribution in [0.25, 0.3) is 11.1 Å². The van der Waals surface area contributed by atoms with E-state index < -0.39 is 0 Å². The van der Waals surface area contributed by atoms with Gasteiger partial charge in [0.2, 0.25) is 5.91 Å². The quantitative estimate of drug-likeness (QED) is 0.891. The molecule has 0 radical (unpaired) electrons. The first-order valence-corrected chi connectivity index (χ1v) is 6.55. The van der Waals surface area contributed by atoms with Gasteiger partial charge in [-0.3, -0.25) is 9.78 Å². The lowest BCUT2D eigenvalue weighted by molar-refractivity contribution is -0.120. The molecule has 19 heavy (non-hydrogen) atoms. The minimum absolute atomic E-state index is 0.0742. The number of rotatable bonds is 5. The van der Waals surface area contributed by atoms with E-state index in [1.54, 1.807) is 6.20 Å². The summed E-state index contributed by atoms with van der Waals surface area (Å²) in [6, 6.07) is 12.0. The molecule has 1 N–H and O–H groups in total. The number of benzene rings is 1. The maximum atomic E-state index is 11.7. The number of carbonyl (C=O) groups excluding carboxylic acids is 1. The molecule has 0 atom stereocenters. The Bertz CT molecular complexity index is 537. The van der Waals surface area contributed by atoms with E-state index in [1.807, 2.05) is 49.5 Å². The van der Waals surface area contributed by atoms with Gasteiger partial charge in [0, 0.05) is 18.9 Å². The fraction of sp³-hybridized carbons (Fsp3) is 0.250. The van der Waals surface area contributed by atoms with Gasteiger partial charge < -0.3 is 5.32 Å². The smallest absolute Gasteiger partial charge is 0.224 e. The Labute approximate surface area is 113 Å². The summed E-state index contributed by atoms with van der Waals surface area (Å²) in [5.74, 6) is 0.0742. The molecule has 0 spiro atoms. The highest BCUT2D eigenvalue weighted by molar-refractivity contribution is 5.79. The van der Waals surface area contributed by atoms with Gasteiger partial charge in [-0.15, -0.1) is 0 Å². The summed E-state index contributed by atoms with van der Waals surface area (Å²) in [5.41, 5.74) is 3.18. The molecule has 0 unspecified atom stereocenters. The van der Waals surface area contributed by atoms with Crippen LogP contribution in [-0.2, 0) is 11.2 Å². The molecule has 0 aliphatic heterocycles. The molecule has 3 heteroatoms. The van der Waals surface area contributed by atoms with E-state index in [0.29, 0.717) is 6.42 Å². The number of nitrogens with one attached hydrogen (secondary N) is 1. The second-order valence-corrected chi connectivity index (χ2v) is 4.47. The topological polar surface area (TPSA) is 42.0 Å². The number of nitrogens with zero attached hydrogens (tertiary/aromatic N) is 1. The minimum Gasteiger partial charge on any atom is -0.356 e. The average Bonchev–Trinajstić information content (AvgIpc) is 2.46. The molecule has 1 heterocycles. The Morgan fingerprint density at radius 1 is 1.21 bits per heavy atom. The van der Waals surface area contributed by atoms with Crippen LogP contribution in [0, 0.1) is 0 Å². The minimum atomic E-state index is 0.0742. The van der Waals surface area contributed by atoms with Gasteiger partial charge in [0.15, 0.2) is 0 Å². The van der Waals surface area contributed by atoms with Crippen molar-refractivity contribution >= 4 is 5.91 Å². The van der Waals surface area contributed by atoms with Crippen molar-refractivity contribution in [2.24, 2.45) is 0 Å². The van der Waals surface area contributed by atoms with Crippen LogP contribution in [0.3, 0.4) is 0 Å². The molecular formula is C16H18N2O. The van der Waals surface area contributed by atoms with Crippen molar-refractivity contribution in [1.82, 2.24) is 10.3 Å². The number of hydrogen-bond acceptors (Lipinski definition) is 2. The molecule has 3 nitrogen and oxygen atoms in total. The predicted octanol–water partition coefficient (Wildman–Crippen LogP) is 2.82. The van der Waals surface area contributed by atoms with Gasteiger partial charge in [-0.25, -0.2) is 0 Å². The van der Waals surface area contributed by atoms with Crippen LogP contribution < -0.4 is 5.32 Å². The summed E-state index contributed by atoms with van der Waals surface area (Å²) in [4.78, 5) is 15.8. The molecule has 0 aliphatic carbocycles. The van der Waals surface area contributed by atoms with Gasteiger partial charge in [0.05, 0.1) is 6.42 Å². The van der Waals surface area contributed by atoms with Crippen LogP contribution in [0.4, 0.5) is 0 Å². The van der Waals surface area contributed by atoms with Crippen molar-refractivity contribution in [3.63, 3.8) is 0 Å². The Morgan fingerprint density at radius 3 is 2.79 bits per heavy atom. The van der Waals surface area contributed by atoms with Gasteiger partial charge >= 0.3 is 0 Å². The van der Waals surface area contributed by atoms with E-state index in [-0.39, 0.29) is 5.91 Å². The standard InChI is InChI=1S/C16H18N2O/c1-2-8-18-16(19)11-13-5-3-6-14(10-13)15-7-4-9-17-12-15/h3-7,9-10,12H,2,8,11H2,1H3,(H,18,19). The lowest BCUT2D eigenvalue weighted by Crippen LogP contribution is -2.25. The zero-order valence-corrected chi connectivity index (χ0v) is 11.1. The average molecular weight is 254 g/mol. The van der Waals surface area contributed by atoms with Gasteiger partial charge in [0.25, 0.3) is 0 Å². The largest absolute Gasteiger partial charge is 0.356 e. The molecule has 1 amide bonds. The van der Waals surface area contributed by atoms with Crippen molar-refractivity contribution in [2.45, 2.75) is 19.8 Å². The highest BCUT2D eigenvalue weighted by Gasteiger charge is 2.04. The normalized spacial score (nSPS) is 10.2. The predicted molar refractivity (Wildman–Crippen MR) is 76.7 cm³/mol. The van der Waals surface area contributed by atoms with Crippen LogP contribution >= 0.6 is 0 Å². The molecule has 2 rings (SSSR count). The van der Waals surface area contributed by atoms with E-state index >= 15 is 0 Å². The van der Waals surface area contributed by atoms with E-state index in [2.05, 4.69) is 10.3 Å². The lowest BCUT2D eigenvalue weighted by Gasteiger charge is -2.06. The Morgan fingerprint density at radius 2 is 2.05 bits per heavy atom. The van der Waals surface area contributed by atoms with E-state index in [9.17, 15) is 4.79 Å². The van der Waals surface area contributed by atoms with E-state index in [0.717, 1.165) is 29.7 Å². The third-order valence-corrected chi connectivity index (χ3v) is 2.86. The van der Waals surface area contributed by atoms with Crippen molar-refractivity contribution in [3.8, 4) is 11.1 Å². The summed E-state index contributed by atoms with van der Waals surface area (Å²) in [7, 11) is 0. The lowest BCUT2D eigenvalue weighted by atomic mass is 10.0. The Hall–Kier alpha value is -2.16. The summed E-state index contributed by atoms with van der Waals surface area (Å²) in [5, 5.41) is 2.89. The first-order valence-electron chi connectivity index (χ1n) is 6.55. The second kappa shape index (κ2) is 6.69. The molecule has 0 aliphatic rings. The summed E-state index contributed by atoms with van der Waals surface area (Å²) < 4.78 is 0. The number of carbonyl (C=O) groups is 1. The third-order valence-electron chi connectivity index (χ3n) is 2.86. The van der Waals surface area contributed by atoms with Gasteiger partial charge in [-0.1, -0.05) is 37.3 Å². The van der Waals surface area contributed by atoms with Crippen LogP contribution in [0.5, 0.6) is 0 Å². The van der Waals surface area contributed by atoms with Crippen molar-refractivity contribution in [2.75, 3.05) is 6.54 Å². The summed E-state index contributed by atoms with van der Waals surface area (Å²) in [6.45, 7) is 2.78. The molecular weight excluding hydrogens is 236 g/mol. The van der Waals surface area contributed by atoms with Crippen LogP contribution in [0.15, 0.2) is 48.8 Å². The molecule has 0 saturated heterocycles. The number of aromatic nitrogens is 1. The zero-order chi connectivity index (χ0) is 13.5. The highest BCUT2D eigenvalue weighted by atomic mass is 16.1. The molecule has 1 aromatic carbocycles. The van der Waals surface area contributed by atoms with E-state index in [1.165, 1.54) is 0 Å². The van der Waals surface area contributed by atoms with Crippen molar-refractivity contribution in [1.29, 1.82) is 0 Å². The Balaban J connectivity index is 2.10. The zero-order valence-electron chi connectivity index (χ0n) is 11.1. The van der Waals surface area contributed by atoms with Gasteiger partial charge in [0.1, 0.15) is 0 Å². The maximum absolute atomic E-state index is 11.7. The third kappa shape index (κ3) is 3.91. The highest BCUT2D eigenvalue weighted by Crippen LogP contribution is 2.19. The first kappa shape index (κ1) is 13.3. The molecule has 0 fully saturated rings. The molecule has 0 saturated carbocycles. The monoisotopic (exact) mass is 254 g/mol. The fourth-order valence-corrected chi connectivity index (χ4v) is 1.91. The molecule has 1 aromatic heterocycles. The van der Waals surface area contributed by atoms with Crippen LogP contribution in [0.2, 0.25) is 0 Å². The number of hydrogen-bond donors (Lipinski definition) is 1. The first-order chi connectivity index (χ1) is 9.29. The maximum Gasteiger partial charge on any atom is 0.224 e. The van der Waals surface area contributed by atoms with Gasteiger partial charge in [-0.2, -0.15) is 0 Å². The number of pyridine rings is 1. The SMILES string of the molecule is CCCNC(=O)Cc1cccc(-c2cccnc2)c1. The summed E-state index contributed by atoms with van der Waals surface area (Å²) >= 11 is 0. The summed E-state index contributed by atoms with van der Waals surface area (Å²) in [6.07, 6.45) is 4.97.